The van der Waals surface area contributed by atoms with Gasteiger partial charge in [-0.15, -0.1) is 0 Å². The lowest BCUT2D eigenvalue weighted by Crippen LogP contribution is -2.21. The van der Waals surface area contributed by atoms with Gasteiger partial charge in [0.25, 0.3) is 0 Å². The van der Waals surface area contributed by atoms with E-state index in [1.54, 1.807) is 6.33 Å². The van der Waals surface area contributed by atoms with Crippen LogP contribution in [0.15, 0.2) is 6.33 Å². The molecule has 0 unspecified atom stereocenters. The second-order valence-electron chi connectivity index (χ2n) is 5.27. The average Bonchev–Trinajstić information content (AvgIpc) is 2.68. The molecule has 0 amide bonds. The zero-order valence-electron chi connectivity index (χ0n) is 12.2. The number of aromatic nitrogens is 2. The number of rotatable bonds is 5. The fourth-order valence-electron chi connectivity index (χ4n) is 2.81. The predicted octanol–water partition coefficient (Wildman–Crippen LogP) is 3.61. The highest BCUT2D eigenvalue weighted by molar-refractivity contribution is 5.57. The van der Waals surface area contributed by atoms with E-state index in [2.05, 4.69) is 34.4 Å². The Morgan fingerprint density at radius 3 is 2.37 bits per heavy atom. The van der Waals surface area contributed by atoms with Gasteiger partial charge in [-0.2, -0.15) is 0 Å². The molecule has 0 aromatic carbocycles. The summed E-state index contributed by atoms with van der Waals surface area (Å²) in [6, 6.07) is 0.581. The largest absolute Gasteiger partial charge is 0.370 e. The Kier molecular flexibility index (Phi) is 5.43. The maximum absolute atomic E-state index is 4.45. The van der Waals surface area contributed by atoms with Crippen LogP contribution in [0.1, 0.15) is 57.9 Å². The summed E-state index contributed by atoms with van der Waals surface area (Å²) in [4.78, 5) is 8.80. The first kappa shape index (κ1) is 14.1. The first-order valence-electron chi connectivity index (χ1n) is 7.69. The van der Waals surface area contributed by atoms with Crippen molar-refractivity contribution in [1.29, 1.82) is 0 Å². The molecule has 0 aliphatic heterocycles. The van der Waals surface area contributed by atoms with Gasteiger partial charge in [-0.3, -0.25) is 0 Å². The molecule has 1 aliphatic rings. The molecule has 0 bridgehead atoms. The van der Waals surface area contributed by atoms with E-state index in [4.69, 9.17) is 0 Å². The summed E-state index contributed by atoms with van der Waals surface area (Å²) in [6.07, 6.45) is 10.6. The van der Waals surface area contributed by atoms with Crippen molar-refractivity contribution in [2.24, 2.45) is 0 Å². The molecule has 1 aliphatic carbocycles. The van der Waals surface area contributed by atoms with Crippen molar-refractivity contribution in [2.45, 2.75) is 64.8 Å². The van der Waals surface area contributed by atoms with Crippen molar-refractivity contribution in [2.75, 3.05) is 17.2 Å². The van der Waals surface area contributed by atoms with Gasteiger partial charge >= 0.3 is 0 Å². The van der Waals surface area contributed by atoms with Crippen LogP contribution >= 0.6 is 0 Å². The van der Waals surface area contributed by atoms with E-state index in [0.29, 0.717) is 6.04 Å². The van der Waals surface area contributed by atoms with Crippen molar-refractivity contribution in [3.05, 3.63) is 11.9 Å². The normalized spacial score (nSPS) is 16.9. The molecular weight excluding hydrogens is 236 g/mol. The molecule has 106 valence electrons. The van der Waals surface area contributed by atoms with Gasteiger partial charge in [0.15, 0.2) is 0 Å². The van der Waals surface area contributed by atoms with Crippen LogP contribution in [0.5, 0.6) is 0 Å². The predicted molar refractivity (Wildman–Crippen MR) is 80.7 cm³/mol. The number of hydrogen-bond donors (Lipinski definition) is 2. The molecule has 2 rings (SSSR count). The van der Waals surface area contributed by atoms with Crippen LogP contribution in [0.25, 0.3) is 0 Å². The molecule has 2 N–H and O–H groups in total. The topological polar surface area (TPSA) is 49.8 Å². The van der Waals surface area contributed by atoms with Gasteiger partial charge in [0.1, 0.15) is 18.0 Å². The quantitative estimate of drug-likeness (QED) is 0.796. The van der Waals surface area contributed by atoms with E-state index in [9.17, 15) is 0 Å². The third-order valence-corrected chi connectivity index (χ3v) is 3.84. The monoisotopic (exact) mass is 262 g/mol. The molecule has 4 nitrogen and oxygen atoms in total. The van der Waals surface area contributed by atoms with Crippen LogP contribution in [0.3, 0.4) is 0 Å². The Morgan fingerprint density at radius 2 is 1.74 bits per heavy atom. The lowest BCUT2D eigenvalue weighted by molar-refractivity contribution is 0.616. The van der Waals surface area contributed by atoms with Crippen molar-refractivity contribution >= 4 is 11.6 Å². The van der Waals surface area contributed by atoms with E-state index in [0.717, 1.165) is 24.6 Å². The van der Waals surface area contributed by atoms with E-state index in [1.807, 2.05) is 0 Å². The minimum absolute atomic E-state index is 0.581. The highest BCUT2D eigenvalue weighted by Crippen LogP contribution is 2.25. The minimum Gasteiger partial charge on any atom is -0.370 e. The smallest absolute Gasteiger partial charge is 0.134 e. The lowest BCUT2D eigenvalue weighted by atomic mass is 10.1. The summed E-state index contributed by atoms with van der Waals surface area (Å²) in [5.74, 6) is 2.01. The van der Waals surface area contributed by atoms with Crippen LogP contribution in [-0.4, -0.2) is 22.6 Å². The molecule has 1 saturated carbocycles. The number of hydrogen-bond acceptors (Lipinski definition) is 4. The third-order valence-electron chi connectivity index (χ3n) is 3.84. The summed E-state index contributed by atoms with van der Waals surface area (Å²) in [5.41, 5.74) is 1.22. The molecule has 1 aromatic heterocycles. The summed E-state index contributed by atoms with van der Waals surface area (Å²) in [5, 5.41) is 6.97. The SMILES string of the molecule is CCNc1ncnc(NC2CCCCCC2)c1CC. The molecule has 4 heteroatoms. The average molecular weight is 262 g/mol. The fraction of sp³-hybridized carbons (Fsp3) is 0.733. The Balaban J connectivity index is 2.11. The van der Waals surface area contributed by atoms with Gasteiger partial charge in [-0.1, -0.05) is 32.6 Å². The van der Waals surface area contributed by atoms with Crippen LogP contribution in [0, 0.1) is 0 Å². The highest BCUT2D eigenvalue weighted by Gasteiger charge is 2.15. The second kappa shape index (κ2) is 7.31. The lowest BCUT2D eigenvalue weighted by Gasteiger charge is -2.20. The zero-order chi connectivity index (χ0) is 13.5. The van der Waals surface area contributed by atoms with Gasteiger partial charge in [-0.05, 0) is 26.2 Å². The van der Waals surface area contributed by atoms with Crippen molar-refractivity contribution < 1.29 is 0 Å². The Hall–Kier alpha value is -1.32. The van der Waals surface area contributed by atoms with E-state index in [1.165, 1.54) is 44.1 Å². The molecule has 0 saturated heterocycles. The minimum atomic E-state index is 0.581. The van der Waals surface area contributed by atoms with Gasteiger partial charge in [0, 0.05) is 18.2 Å². The Bertz CT molecular complexity index is 384. The van der Waals surface area contributed by atoms with Crippen LogP contribution in [0.2, 0.25) is 0 Å². The first-order chi connectivity index (χ1) is 9.35. The van der Waals surface area contributed by atoms with E-state index < -0.39 is 0 Å². The van der Waals surface area contributed by atoms with Gasteiger partial charge in [0.05, 0.1) is 0 Å². The molecule has 0 spiro atoms. The summed E-state index contributed by atoms with van der Waals surface area (Å²) >= 11 is 0. The second-order valence-corrected chi connectivity index (χ2v) is 5.27. The standard InChI is InChI=1S/C15H26N4/c1-3-13-14(16-4-2)17-11-18-15(13)19-12-9-7-5-6-8-10-12/h11-12H,3-10H2,1-2H3,(H2,16,17,18,19). The van der Waals surface area contributed by atoms with Crippen molar-refractivity contribution in [3.63, 3.8) is 0 Å². The van der Waals surface area contributed by atoms with Gasteiger partial charge in [-0.25, -0.2) is 9.97 Å². The zero-order valence-corrected chi connectivity index (χ0v) is 12.2. The highest BCUT2D eigenvalue weighted by atomic mass is 15.1. The summed E-state index contributed by atoms with van der Waals surface area (Å²) in [7, 11) is 0. The van der Waals surface area contributed by atoms with Gasteiger partial charge < -0.3 is 10.6 Å². The summed E-state index contributed by atoms with van der Waals surface area (Å²) in [6.45, 7) is 5.16. The summed E-state index contributed by atoms with van der Waals surface area (Å²) < 4.78 is 0. The van der Waals surface area contributed by atoms with E-state index >= 15 is 0 Å². The Labute approximate surface area is 116 Å². The third kappa shape index (κ3) is 3.82. The molecule has 1 aromatic rings. The fourth-order valence-corrected chi connectivity index (χ4v) is 2.81. The molecular formula is C15H26N4. The van der Waals surface area contributed by atoms with Crippen LogP contribution in [-0.2, 0) is 6.42 Å². The molecule has 1 heterocycles. The van der Waals surface area contributed by atoms with Crippen molar-refractivity contribution in [3.8, 4) is 0 Å². The maximum Gasteiger partial charge on any atom is 0.134 e. The first-order valence-corrected chi connectivity index (χ1v) is 7.69. The van der Waals surface area contributed by atoms with Crippen LogP contribution in [0.4, 0.5) is 11.6 Å². The number of nitrogens with zero attached hydrogens (tertiary/aromatic N) is 2. The Morgan fingerprint density at radius 1 is 1.05 bits per heavy atom. The van der Waals surface area contributed by atoms with Crippen molar-refractivity contribution in [1.82, 2.24) is 9.97 Å². The van der Waals surface area contributed by atoms with Crippen LogP contribution < -0.4 is 10.6 Å². The number of nitrogens with one attached hydrogen (secondary N) is 2. The number of anilines is 2. The molecule has 0 atom stereocenters. The molecule has 0 radical (unpaired) electrons. The molecule has 19 heavy (non-hydrogen) atoms. The van der Waals surface area contributed by atoms with Gasteiger partial charge in [0.2, 0.25) is 0 Å². The van der Waals surface area contributed by atoms with E-state index in [-0.39, 0.29) is 0 Å². The maximum atomic E-state index is 4.45. The molecule has 1 fully saturated rings.